The van der Waals surface area contributed by atoms with Crippen LogP contribution in [0.5, 0.6) is 0 Å². The topological polar surface area (TPSA) is 66.5 Å². The van der Waals surface area contributed by atoms with Crippen LogP contribution in [0.1, 0.15) is 63.0 Å². The fourth-order valence-corrected chi connectivity index (χ4v) is 4.65. The summed E-state index contributed by atoms with van der Waals surface area (Å²) in [6.07, 6.45) is 6.05. The molecule has 25 heavy (non-hydrogen) atoms. The summed E-state index contributed by atoms with van der Waals surface area (Å²) in [4.78, 5) is 12.6. The van der Waals surface area contributed by atoms with Gasteiger partial charge in [0.15, 0.2) is 0 Å². The Bertz CT molecular complexity index is 707. The van der Waals surface area contributed by atoms with E-state index in [9.17, 15) is 13.2 Å². The Morgan fingerprint density at radius 2 is 1.88 bits per heavy atom. The van der Waals surface area contributed by atoms with E-state index in [0.29, 0.717) is 0 Å². The van der Waals surface area contributed by atoms with Gasteiger partial charge in [-0.1, -0.05) is 51.3 Å². The number of aryl methyl sites for hydroxylation is 1. The SMILES string of the molecule is Cc1cccc(C(C)C)c1NC(=O)CN(C1CCCCC1)S(C)(=O)=O. The average Bonchev–Trinajstić information content (AvgIpc) is 2.54. The van der Waals surface area contributed by atoms with E-state index in [4.69, 9.17) is 0 Å². The lowest BCUT2D eigenvalue weighted by molar-refractivity contribution is -0.116. The van der Waals surface area contributed by atoms with Crippen LogP contribution in [0.2, 0.25) is 0 Å². The predicted molar refractivity (Wildman–Crippen MR) is 102 cm³/mol. The Balaban J connectivity index is 2.17. The second-order valence-electron chi connectivity index (χ2n) is 7.34. The van der Waals surface area contributed by atoms with Crippen molar-refractivity contribution < 1.29 is 13.2 Å². The van der Waals surface area contributed by atoms with Crippen LogP contribution >= 0.6 is 0 Å². The maximum Gasteiger partial charge on any atom is 0.239 e. The molecule has 5 nitrogen and oxygen atoms in total. The zero-order chi connectivity index (χ0) is 18.6. The zero-order valence-corrected chi connectivity index (χ0v) is 16.5. The summed E-state index contributed by atoms with van der Waals surface area (Å²) in [5.41, 5.74) is 2.86. The van der Waals surface area contributed by atoms with Gasteiger partial charge in [0, 0.05) is 11.7 Å². The summed E-state index contributed by atoms with van der Waals surface area (Å²) in [5.74, 6) is 0.00625. The minimum absolute atomic E-state index is 0.0593. The molecular weight excluding hydrogens is 336 g/mol. The molecule has 1 aliphatic rings. The van der Waals surface area contributed by atoms with Crippen LogP contribution in [0, 0.1) is 6.92 Å². The molecule has 1 aromatic rings. The number of anilines is 1. The fourth-order valence-electron chi connectivity index (χ4n) is 3.55. The zero-order valence-electron chi connectivity index (χ0n) is 15.7. The molecule has 0 spiro atoms. The smallest absolute Gasteiger partial charge is 0.239 e. The Hall–Kier alpha value is -1.40. The lowest BCUT2D eigenvalue weighted by Crippen LogP contribution is -2.45. The van der Waals surface area contributed by atoms with Crippen LogP contribution < -0.4 is 5.32 Å². The van der Waals surface area contributed by atoms with E-state index in [-0.39, 0.29) is 24.4 Å². The summed E-state index contributed by atoms with van der Waals surface area (Å²) in [5, 5.41) is 2.96. The average molecular weight is 367 g/mol. The molecule has 1 aliphatic carbocycles. The second kappa shape index (κ2) is 8.32. The minimum Gasteiger partial charge on any atom is -0.324 e. The molecule has 0 bridgehead atoms. The van der Waals surface area contributed by atoms with Gasteiger partial charge in [-0.3, -0.25) is 4.79 Å². The number of carbonyl (C=O) groups is 1. The van der Waals surface area contributed by atoms with Crippen molar-refractivity contribution in [3.05, 3.63) is 29.3 Å². The largest absolute Gasteiger partial charge is 0.324 e. The summed E-state index contributed by atoms with van der Waals surface area (Å²) in [7, 11) is -3.42. The molecule has 0 radical (unpaired) electrons. The molecule has 1 N–H and O–H groups in total. The van der Waals surface area contributed by atoms with E-state index < -0.39 is 10.0 Å². The third-order valence-corrected chi connectivity index (χ3v) is 6.18. The Labute approximate surface area is 151 Å². The van der Waals surface area contributed by atoms with Gasteiger partial charge in [-0.15, -0.1) is 0 Å². The van der Waals surface area contributed by atoms with Crippen molar-refractivity contribution in [2.45, 2.75) is 64.8 Å². The molecule has 0 aliphatic heterocycles. The van der Waals surface area contributed by atoms with Gasteiger partial charge in [0.25, 0.3) is 0 Å². The summed E-state index contributed by atoms with van der Waals surface area (Å²) < 4.78 is 25.8. The lowest BCUT2D eigenvalue weighted by Gasteiger charge is -2.32. The maximum absolute atomic E-state index is 12.6. The van der Waals surface area contributed by atoms with Gasteiger partial charge in [-0.25, -0.2) is 8.42 Å². The van der Waals surface area contributed by atoms with Gasteiger partial charge >= 0.3 is 0 Å². The van der Waals surface area contributed by atoms with Crippen LogP contribution in [-0.4, -0.2) is 37.5 Å². The maximum atomic E-state index is 12.6. The Morgan fingerprint density at radius 1 is 1.24 bits per heavy atom. The molecule has 1 amide bonds. The molecule has 140 valence electrons. The van der Waals surface area contributed by atoms with Crippen molar-refractivity contribution in [2.75, 3.05) is 18.1 Å². The molecule has 0 aromatic heterocycles. The van der Waals surface area contributed by atoms with Crippen LogP contribution in [0.3, 0.4) is 0 Å². The molecule has 1 aromatic carbocycles. The standard InChI is InChI=1S/C19H30N2O3S/c1-14(2)17-12-8-9-15(3)19(17)20-18(22)13-21(25(4,23)24)16-10-6-5-7-11-16/h8-9,12,14,16H,5-7,10-11,13H2,1-4H3,(H,20,22). The van der Waals surface area contributed by atoms with Gasteiger partial charge in [-0.2, -0.15) is 4.31 Å². The first-order valence-corrected chi connectivity index (χ1v) is 10.9. The number of hydrogen-bond acceptors (Lipinski definition) is 3. The van der Waals surface area contributed by atoms with E-state index in [1.165, 1.54) is 10.6 Å². The van der Waals surface area contributed by atoms with Crippen molar-refractivity contribution in [3.8, 4) is 0 Å². The Morgan fingerprint density at radius 3 is 2.44 bits per heavy atom. The number of sulfonamides is 1. The number of para-hydroxylation sites is 1. The lowest BCUT2D eigenvalue weighted by atomic mass is 9.95. The quantitative estimate of drug-likeness (QED) is 0.836. The number of carbonyl (C=O) groups excluding carboxylic acids is 1. The number of nitrogens with one attached hydrogen (secondary N) is 1. The molecule has 1 fully saturated rings. The first-order valence-electron chi connectivity index (χ1n) is 9.06. The van der Waals surface area contributed by atoms with Crippen molar-refractivity contribution in [1.82, 2.24) is 4.31 Å². The van der Waals surface area contributed by atoms with Crippen molar-refractivity contribution in [2.24, 2.45) is 0 Å². The highest BCUT2D eigenvalue weighted by Crippen LogP contribution is 2.28. The van der Waals surface area contributed by atoms with Gasteiger partial charge < -0.3 is 5.32 Å². The first-order chi connectivity index (χ1) is 11.7. The molecule has 0 unspecified atom stereocenters. The van der Waals surface area contributed by atoms with E-state index in [2.05, 4.69) is 19.2 Å². The molecule has 0 atom stereocenters. The van der Waals surface area contributed by atoms with E-state index in [1.807, 2.05) is 25.1 Å². The molecular formula is C19H30N2O3S. The van der Waals surface area contributed by atoms with Crippen LogP contribution in [0.4, 0.5) is 5.69 Å². The Kier molecular flexibility index (Phi) is 6.63. The highest BCUT2D eigenvalue weighted by Gasteiger charge is 2.30. The summed E-state index contributed by atoms with van der Waals surface area (Å²) in [6, 6.07) is 5.88. The van der Waals surface area contributed by atoms with Gasteiger partial charge in [0.2, 0.25) is 15.9 Å². The highest BCUT2D eigenvalue weighted by atomic mass is 32.2. The van der Waals surface area contributed by atoms with E-state index in [1.54, 1.807) is 0 Å². The van der Waals surface area contributed by atoms with Gasteiger partial charge in [-0.05, 0) is 36.8 Å². The van der Waals surface area contributed by atoms with Crippen molar-refractivity contribution in [1.29, 1.82) is 0 Å². The molecule has 0 saturated heterocycles. The number of benzene rings is 1. The first kappa shape index (κ1) is 19.9. The normalized spacial score (nSPS) is 16.4. The third-order valence-electron chi connectivity index (χ3n) is 4.90. The fraction of sp³-hybridized carbons (Fsp3) is 0.632. The molecule has 0 heterocycles. The van der Waals surface area contributed by atoms with Crippen molar-refractivity contribution >= 4 is 21.6 Å². The molecule has 1 saturated carbocycles. The minimum atomic E-state index is -3.42. The van der Waals surface area contributed by atoms with E-state index >= 15 is 0 Å². The number of hydrogen-bond donors (Lipinski definition) is 1. The molecule has 6 heteroatoms. The predicted octanol–water partition coefficient (Wildman–Crippen LogP) is 3.65. The van der Waals surface area contributed by atoms with Crippen LogP contribution in [0.15, 0.2) is 18.2 Å². The van der Waals surface area contributed by atoms with E-state index in [0.717, 1.165) is 48.9 Å². The number of rotatable bonds is 6. The number of amides is 1. The van der Waals surface area contributed by atoms with Gasteiger partial charge in [0.1, 0.15) is 0 Å². The van der Waals surface area contributed by atoms with Gasteiger partial charge in [0.05, 0.1) is 12.8 Å². The summed E-state index contributed by atoms with van der Waals surface area (Å²) >= 11 is 0. The van der Waals surface area contributed by atoms with Crippen molar-refractivity contribution in [3.63, 3.8) is 0 Å². The summed E-state index contributed by atoms with van der Waals surface area (Å²) in [6.45, 7) is 6.00. The third kappa shape index (κ3) is 5.28. The van der Waals surface area contributed by atoms with Crippen LogP contribution in [-0.2, 0) is 14.8 Å². The monoisotopic (exact) mass is 366 g/mol. The highest BCUT2D eigenvalue weighted by molar-refractivity contribution is 7.88. The molecule has 2 rings (SSSR count). The number of nitrogens with zero attached hydrogens (tertiary/aromatic N) is 1. The second-order valence-corrected chi connectivity index (χ2v) is 9.28. The van der Waals surface area contributed by atoms with Crippen LogP contribution in [0.25, 0.3) is 0 Å².